The number of aromatic nitrogens is 4. The number of thioether (sulfide) groups is 1. The summed E-state index contributed by atoms with van der Waals surface area (Å²) in [7, 11) is 0. The summed E-state index contributed by atoms with van der Waals surface area (Å²) in [5.74, 6) is 1.87. The third-order valence-corrected chi connectivity index (χ3v) is 7.33. The fraction of sp³-hybridized carbons (Fsp3) is 0.304. The number of amides is 1. The Kier molecular flexibility index (Phi) is 5.50. The van der Waals surface area contributed by atoms with Crippen molar-refractivity contribution in [1.29, 1.82) is 0 Å². The highest BCUT2D eigenvalue weighted by Gasteiger charge is 2.30. The number of aryl methyl sites for hydroxylation is 1. The van der Waals surface area contributed by atoms with Gasteiger partial charge in [0.25, 0.3) is 0 Å². The first-order valence-corrected chi connectivity index (χ1v) is 12.2. The number of hydrogen-bond acceptors (Lipinski definition) is 6. The van der Waals surface area contributed by atoms with E-state index in [1.165, 1.54) is 34.9 Å². The summed E-state index contributed by atoms with van der Waals surface area (Å²) < 4.78 is 3.32. The molecule has 31 heavy (non-hydrogen) atoms. The highest BCUT2D eigenvalue weighted by molar-refractivity contribution is 7.99. The van der Waals surface area contributed by atoms with E-state index in [1.54, 1.807) is 11.3 Å². The van der Waals surface area contributed by atoms with Gasteiger partial charge in [0.1, 0.15) is 10.8 Å². The van der Waals surface area contributed by atoms with Crippen LogP contribution in [0.2, 0.25) is 0 Å². The van der Waals surface area contributed by atoms with Gasteiger partial charge in [-0.3, -0.25) is 4.79 Å². The van der Waals surface area contributed by atoms with E-state index in [0.29, 0.717) is 11.7 Å². The van der Waals surface area contributed by atoms with Gasteiger partial charge < -0.3 is 9.88 Å². The predicted octanol–water partition coefficient (Wildman–Crippen LogP) is 5.49. The maximum atomic E-state index is 12.4. The maximum Gasteiger partial charge on any atom is 0.234 e. The van der Waals surface area contributed by atoms with Crippen LogP contribution in [0.1, 0.15) is 37.1 Å². The molecule has 1 N–H and O–H groups in total. The topological polar surface area (TPSA) is 72.7 Å². The molecule has 2 aromatic heterocycles. The Labute approximate surface area is 189 Å². The molecular weight excluding hydrogens is 426 g/mol. The zero-order valence-corrected chi connectivity index (χ0v) is 19.1. The predicted molar refractivity (Wildman–Crippen MR) is 127 cm³/mol. The quantitative estimate of drug-likeness (QED) is 0.378. The van der Waals surface area contributed by atoms with Gasteiger partial charge in [-0.1, -0.05) is 17.8 Å². The van der Waals surface area contributed by atoms with Crippen LogP contribution in [0.3, 0.4) is 0 Å². The summed E-state index contributed by atoms with van der Waals surface area (Å²) in [5.41, 5.74) is 4.08. The van der Waals surface area contributed by atoms with E-state index >= 15 is 0 Å². The average Bonchev–Trinajstić information content (AvgIpc) is 3.39. The van der Waals surface area contributed by atoms with E-state index in [2.05, 4.69) is 52.1 Å². The van der Waals surface area contributed by atoms with Crippen LogP contribution in [0.5, 0.6) is 0 Å². The average molecular weight is 450 g/mol. The number of hydrogen-bond donors (Lipinski definition) is 1. The number of thiazole rings is 1. The second-order valence-electron chi connectivity index (χ2n) is 7.76. The van der Waals surface area contributed by atoms with Crippen LogP contribution < -0.4 is 5.32 Å². The molecule has 1 aliphatic carbocycles. The number of anilines is 1. The van der Waals surface area contributed by atoms with Crippen molar-refractivity contribution in [3.8, 4) is 10.6 Å². The van der Waals surface area contributed by atoms with Crippen LogP contribution in [-0.2, 0) is 11.3 Å². The van der Waals surface area contributed by atoms with E-state index < -0.39 is 0 Å². The van der Waals surface area contributed by atoms with Crippen molar-refractivity contribution in [3.63, 3.8) is 0 Å². The van der Waals surface area contributed by atoms with Gasteiger partial charge in [0, 0.05) is 23.7 Å². The van der Waals surface area contributed by atoms with E-state index in [0.717, 1.165) is 39.3 Å². The van der Waals surface area contributed by atoms with Crippen molar-refractivity contribution < 1.29 is 4.79 Å². The van der Waals surface area contributed by atoms with Gasteiger partial charge in [-0.2, -0.15) is 0 Å². The first-order valence-electron chi connectivity index (χ1n) is 10.4. The largest absolute Gasteiger partial charge is 0.325 e. The second-order valence-corrected chi connectivity index (χ2v) is 9.74. The van der Waals surface area contributed by atoms with Gasteiger partial charge in [-0.25, -0.2) is 4.98 Å². The Hall–Kier alpha value is -2.71. The number of benzene rings is 2. The lowest BCUT2D eigenvalue weighted by Gasteiger charge is -2.07. The third-order valence-electron chi connectivity index (χ3n) is 5.30. The second kappa shape index (κ2) is 8.43. The fourth-order valence-corrected chi connectivity index (χ4v) is 5.40. The summed E-state index contributed by atoms with van der Waals surface area (Å²) in [6, 6.07) is 14.2. The Morgan fingerprint density at radius 2 is 2.00 bits per heavy atom. The summed E-state index contributed by atoms with van der Waals surface area (Å²) in [4.78, 5) is 17.2. The summed E-state index contributed by atoms with van der Waals surface area (Å²) in [6.07, 6.45) is 2.38. The summed E-state index contributed by atoms with van der Waals surface area (Å²) >= 11 is 3.12. The molecule has 158 valence electrons. The van der Waals surface area contributed by atoms with Crippen LogP contribution in [0.4, 0.5) is 5.69 Å². The van der Waals surface area contributed by atoms with Gasteiger partial charge in [0.15, 0.2) is 5.16 Å². The zero-order valence-electron chi connectivity index (χ0n) is 17.5. The SMILES string of the molecule is CCn1c(SCC(=O)Nc2ccc(-c3nc4ccc(C)cc4s3)cc2)nnc1C1CC1. The molecule has 2 aromatic carbocycles. The number of rotatable bonds is 7. The zero-order chi connectivity index (χ0) is 21.4. The van der Waals surface area contributed by atoms with Crippen molar-refractivity contribution in [3.05, 3.63) is 53.9 Å². The van der Waals surface area contributed by atoms with Crippen LogP contribution in [0.25, 0.3) is 20.8 Å². The first kappa shape index (κ1) is 20.2. The molecule has 0 atom stereocenters. The smallest absolute Gasteiger partial charge is 0.234 e. The van der Waals surface area contributed by atoms with Gasteiger partial charge in [-0.05, 0) is 68.7 Å². The molecule has 1 aliphatic rings. The molecule has 0 saturated heterocycles. The molecule has 0 aliphatic heterocycles. The van der Waals surface area contributed by atoms with Gasteiger partial charge >= 0.3 is 0 Å². The third kappa shape index (κ3) is 4.36. The Morgan fingerprint density at radius 1 is 1.19 bits per heavy atom. The standard InChI is InChI=1S/C23H23N5OS2/c1-3-28-21(15-5-6-15)26-27-23(28)30-13-20(29)24-17-9-7-16(8-10-17)22-25-18-11-4-14(2)12-19(18)31-22/h4,7-12,15H,3,5-6,13H2,1-2H3,(H,24,29). The molecule has 5 rings (SSSR count). The molecule has 6 nitrogen and oxygen atoms in total. The normalized spacial score (nSPS) is 13.6. The first-order chi connectivity index (χ1) is 15.1. The van der Waals surface area contributed by atoms with Crippen molar-refractivity contribution >= 4 is 44.9 Å². The van der Waals surface area contributed by atoms with E-state index in [1.807, 2.05) is 24.3 Å². The molecule has 1 fully saturated rings. The number of carbonyl (C=O) groups is 1. The van der Waals surface area contributed by atoms with Gasteiger partial charge in [-0.15, -0.1) is 21.5 Å². The molecule has 4 aromatic rings. The van der Waals surface area contributed by atoms with Crippen molar-refractivity contribution in [2.45, 2.75) is 44.3 Å². The maximum absolute atomic E-state index is 12.4. The number of carbonyl (C=O) groups excluding carboxylic acids is 1. The fourth-order valence-electron chi connectivity index (χ4n) is 3.53. The van der Waals surface area contributed by atoms with Gasteiger partial charge in [0.05, 0.1) is 16.0 Å². The van der Waals surface area contributed by atoms with E-state index in [4.69, 9.17) is 4.98 Å². The number of nitrogens with one attached hydrogen (secondary N) is 1. The van der Waals surface area contributed by atoms with Gasteiger partial charge in [0.2, 0.25) is 5.91 Å². The molecule has 0 bridgehead atoms. The lowest BCUT2D eigenvalue weighted by molar-refractivity contribution is -0.113. The Bertz CT molecular complexity index is 1240. The highest BCUT2D eigenvalue weighted by atomic mass is 32.2. The molecule has 0 radical (unpaired) electrons. The minimum atomic E-state index is -0.0492. The van der Waals surface area contributed by atoms with Crippen LogP contribution in [-0.4, -0.2) is 31.4 Å². The number of nitrogens with zero attached hydrogens (tertiary/aromatic N) is 4. The Balaban J connectivity index is 1.21. The van der Waals surface area contributed by atoms with Crippen LogP contribution in [0, 0.1) is 6.92 Å². The lowest BCUT2D eigenvalue weighted by atomic mass is 10.2. The van der Waals surface area contributed by atoms with Crippen molar-refractivity contribution in [1.82, 2.24) is 19.7 Å². The van der Waals surface area contributed by atoms with E-state index in [9.17, 15) is 4.79 Å². The lowest BCUT2D eigenvalue weighted by Crippen LogP contribution is -2.14. The Morgan fingerprint density at radius 3 is 2.74 bits per heavy atom. The molecule has 0 unspecified atom stereocenters. The summed E-state index contributed by atoms with van der Waals surface area (Å²) in [6.45, 7) is 5.01. The molecule has 2 heterocycles. The molecule has 0 spiro atoms. The van der Waals surface area contributed by atoms with Crippen molar-refractivity contribution in [2.24, 2.45) is 0 Å². The van der Waals surface area contributed by atoms with Crippen molar-refractivity contribution in [2.75, 3.05) is 11.1 Å². The van der Waals surface area contributed by atoms with E-state index in [-0.39, 0.29) is 5.91 Å². The highest BCUT2D eigenvalue weighted by Crippen LogP contribution is 2.40. The minimum absolute atomic E-state index is 0.0492. The summed E-state index contributed by atoms with van der Waals surface area (Å²) in [5, 5.41) is 13.4. The minimum Gasteiger partial charge on any atom is -0.325 e. The molecule has 8 heteroatoms. The monoisotopic (exact) mass is 449 g/mol. The number of fused-ring (bicyclic) bond motifs is 1. The van der Waals surface area contributed by atoms with Crippen LogP contribution in [0.15, 0.2) is 47.6 Å². The molecule has 1 saturated carbocycles. The van der Waals surface area contributed by atoms with Crippen LogP contribution >= 0.6 is 23.1 Å². The molecular formula is C23H23N5OS2. The molecule has 1 amide bonds.